The van der Waals surface area contributed by atoms with Crippen molar-refractivity contribution in [2.45, 2.75) is 32.4 Å². The number of pyridine rings is 1. The van der Waals surface area contributed by atoms with Crippen molar-refractivity contribution in [3.05, 3.63) is 44.8 Å². The number of amides is 1. The monoisotopic (exact) mass is 319 g/mol. The van der Waals surface area contributed by atoms with Crippen molar-refractivity contribution in [3.8, 4) is 0 Å². The number of hydrogen-bond donors (Lipinski definition) is 1. The third-order valence-corrected chi connectivity index (χ3v) is 4.48. The minimum Gasteiger partial charge on any atom is -0.371 e. The molecule has 1 saturated heterocycles. The first-order chi connectivity index (χ1) is 10.7. The number of nitrogens with one attached hydrogen (secondary N) is 1. The van der Waals surface area contributed by atoms with Gasteiger partial charge in [0.25, 0.3) is 11.5 Å². The summed E-state index contributed by atoms with van der Waals surface area (Å²) in [6.45, 7) is 3.19. The Hall–Kier alpha value is -1.99. The van der Waals surface area contributed by atoms with E-state index in [1.807, 2.05) is 6.92 Å². The van der Waals surface area contributed by atoms with Crippen molar-refractivity contribution >= 4 is 22.9 Å². The molecular formula is C15H17N3O3S. The van der Waals surface area contributed by atoms with Crippen LogP contribution in [0.2, 0.25) is 0 Å². The number of anilines is 1. The number of aryl methyl sites for hydroxylation is 1. The molecule has 1 fully saturated rings. The Morgan fingerprint density at radius 3 is 3.14 bits per heavy atom. The topological polar surface area (TPSA) is 73.2 Å². The first-order valence-electron chi connectivity index (χ1n) is 7.26. The van der Waals surface area contributed by atoms with E-state index in [1.54, 1.807) is 17.6 Å². The van der Waals surface area contributed by atoms with E-state index in [4.69, 9.17) is 4.74 Å². The van der Waals surface area contributed by atoms with E-state index in [9.17, 15) is 9.59 Å². The van der Waals surface area contributed by atoms with Gasteiger partial charge in [0, 0.05) is 30.8 Å². The summed E-state index contributed by atoms with van der Waals surface area (Å²) in [5.41, 5.74) is 0.873. The van der Waals surface area contributed by atoms with Gasteiger partial charge in [-0.3, -0.25) is 9.59 Å². The Morgan fingerprint density at radius 2 is 2.41 bits per heavy atom. The van der Waals surface area contributed by atoms with Crippen molar-refractivity contribution in [1.29, 1.82) is 0 Å². The summed E-state index contributed by atoms with van der Waals surface area (Å²) in [5.74, 6) is -0.276. The normalized spacial score (nSPS) is 17.6. The molecule has 7 heteroatoms. The van der Waals surface area contributed by atoms with Crippen molar-refractivity contribution < 1.29 is 9.53 Å². The first kappa shape index (κ1) is 14.9. The van der Waals surface area contributed by atoms with Gasteiger partial charge >= 0.3 is 0 Å². The van der Waals surface area contributed by atoms with Crippen molar-refractivity contribution in [1.82, 2.24) is 9.55 Å². The van der Waals surface area contributed by atoms with Gasteiger partial charge in [-0.15, -0.1) is 11.3 Å². The lowest BCUT2D eigenvalue weighted by Gasteiger charge is -2.07. The van der Waals surface area contributed by atoms with Crippen LogP contribution in [0.15, 0.2) is 28.5 Å². The summed E-state index contributed by atoms with van der Waals surface area (Å²) < 4.78 is 7.11. The predicted molar refractivity (Wildman–Crippen MR) is 84.4 cm³/mol. The van der Waals surface area contributed by atoms with Crippen molar-refractivity contribution in [2.24, 2.45) is 0 Å². The van der Waals surface area contributed by atoms with E-state index < -0.39 is 0 Å². The zero-order valence-electron chi connectivity index (χ0n) is 12.2. The zero-order valence-corrected chi connectivity index (χ0v) is 13.1. The zero-order chi connectivity index (χ0) is 15.5. The van der Waals surface area contributed by atoms with Crippen LogP contribution < -0.4 is 10.9 Å². The average Bonchev–Trinajstić information content (AvgIpc) is 3.19. The van der Waals surface area contributed by atoms with E-state index in [-0.39, 0.29) is 17.6 Å². The molecular weight excluding hydrogens is 302 g/mol. The van der Waals surface area contributed by atoms with Crippen molar-refractivity contribution in [2.75, 3.05) is 11.9 Å². The Bertz CT molecular complexity index is 732. The fraction of sp³-hybridized carbons (Fsp3) is 0.400. The SMILES string of the molecule is CCn1cc(NC(=O)c2csc(C3CCCO3)n2)ccc1=O. The number of aromatic nitrogens is 2. The number of rotatable bonds is 4. The second kappa shape index (κ2) is 6.41. The van der Waals surface area contributed by atoms with E-state index in [0.717, 1.165) is 24.5 Å². The molecule has 6 nitrogen and oxygen atoms in total. The molecule has 0 spiro atoms. The molecule has 2 aromatic rings. The van der Waals surface area contributed by atoms with Crippen LogP contribution in [0.25, 0.3) is 0 Å². The summed E-state index contributed by atoms with van der Waals surface area (Å²) in [6.07, 6.45) is 3.64. The van der Waals surface area contributed by atoms with Crippen LogP contribution in [0.1, 0.15) is 41.4 Å². The van der Waals surface area contributed by atoms with E-state index >= 15 is 0 Å². The molecule has 1 aliphatic heterocycles. The molecule has 116 valence electrons. The number of ether oxygens (including phenoxy) is 1. The quantitative estimate of drug-likeness (QED) is 0.939. The minimum absolute atomic E-state index is 0.0218. The number of carbonyl (C=O) groups is 1. The maximum atomic E-state index is 12.2. The summed E-state index contributed by atoms with van der Waals surface area (Å²) in [4.78, 5) is 28.1. The fourth-order valence-electron chi connectivity index (χ4n) is 2.36. The maximum Gasteiger partial charge on any atom is 0.275 e. The van der Waals surface area contributed by atoms with Crippen LogP contribution >= 0.6 is 11.3 Å². The van der Waals surface area contributed by atoms with Gasteiger partial charge in [0.2, 0.25) is 0 Å². The van der Waals surface area contributed by atoms with Gasteiger partial charge < -0.3 is 14.6 Å². The number of hydrogen-bond acceptors (Lipinski definition) is 5. The van der Waals surface area contributed by atoms with Crippen LogP contribution in [0.4, 0.5) is 5.69 Å². The highest BCUT2D eigenvalue weighted by molar-refractivity contribution is 7.09. The van der Waals surface area contributed by atoms with Gasteiger partial charge in [-0.2, -0.15) is 0 Å². The third-order valence-electron chi connectivity index (χ3n) is 3.54. The number of carbonyl (C=O) groups excluding carboxylic acids is 1. The largest absolute Gasteiger partial charge is 0.371 e. The molecule has 0 bridgehead atoms. The highest BCUT2D eigenvalue weighted by Gasteiger charge is 2.22. The number of nitrogens with zero attached hydrogens (tertiary/aromatic N) is 2. The van der Waals surface area contributed by atoms with E-state index in [0.29, 0.717) is 17.9 Å². The molecule has 22 heavy (non-hydrogen) atoms. The predicted octanol–water partition coefficient (Wildman–Crippen LogP) is 2.43. The van der Waals surface area contributed by atoms with Gasteiger partial charge in [-0.1, -0.05) is 0 Å². The lowest BCUT2D eigenvalue weighted by Crippen LogP contribution is -2.20. The highest BCUT2D eigenvalue weighted by atomic mass is 32.1. The molecule has 0 aliphatic carbocycles. The molecule has 3 rings (SSSR count). The van der Waals surface area contributed by atoms with E-state index in [2.05, 4.69) is 10.3 Å². The lowest BCUT2D eigenvalue weighted by atomic mass is 10.2. The summed E-state index contributed by atoms with van der Waals surface area (Å²) in [7, 11) is 0. The van der Waals surface area contributed by atoms with Gasteiger partial charge in [0.15, 0.2) is 0 Å². The summed E-state index contributed by atoms with van der Waals surface area (Å²) >= 11 is 1.44. The maximum absolute atomic E-state index is 12.2. The smallest absolute Gasteiger partial charge is 0.275 e. The Kier molecular flexibility index (Phi) is 4.35. The third kappa shape index (κ3) is 3.10. The van der Waals surface area contributed by atoms with Crippen molar-refractivity contribution in [3.63, 3.8) is 0 Å². The minimum atomic E-state index is -0.276. The van der Waals surface area contributed by atoms with Crippen LogP contribution in [0, 0.1) is 0 Å². The fourth-order valence-corrected chi connectivity index (χ4v) is 3.24. The van der Waals surface area contributed by atoms with Gasteiger partial charge in [0.05, 0.1) is 5.69 Å². The Balaban J connectivity index is 1.73. The summed E-state index contributed by atoms with van der Waals surface area (Å²) in [6, 6.07) is 3.04. The molecule has 0 radical (unpaired) electrons. The molecule has 1 N–H and O–H groups in total. The molecule has 1 amide bonds. The second-order valence-electron chi connectivity index (χ2n) is 5.07. The standard InChI is InChI=1S/C15H17N3O3S/c1-2-18-8-10(5-6-13(18)19)16-14(20)11-9-22-15(17-11)12-4-3-7-21-12/h5-6,8-9,12H,2-4,7H2,1H3,(H,16,20). The molecule has 1 unspecified atom stereocenters. The summed E-state index contributed by atoms with van der Waals surface area (Å²) in [5, 5.41) is 5.36. The second-order valence-corrected chi connectivity index (χ2v) is 5.96. The first-order valence-corrected chi connectivity index (χ1v) is 8.14. The average molecular weight is 319 g/mol. The van der Waals surface area contributed by atoms with Crippen LogP contribution in [0.3, 0.4) is 0 Å². The van der Waals surface area contributed by atoms with Crippen LogP contribution in [-0.2, 0) is 11.3 Å². The van der Waals surface area contributed by atoms with Crippen LogP contribution in [-0.4, -0.2) is 22.1 Å². The highest BCUT2D eigenvalue weighted by Crippen LogP contribution is 2.30. The molecule has 1 aliphatic rings. The van der Waals surface area contributed by atoms with Gasteiger partial charge in [0.1, 0.15) is 16.8 Å². The van der Waals surface area contributed by atoms with E-state index in [1.165, 1.54) is 22.0 Å². The lowest BCUT2D eigenvalue weighted by molar-refractivity contribution is 0.101. The molecule has 2 aromatic heterocycles. The van der Waals surface area contributed by atoms with Gasteiger partial charge in [-0.25, -0.2) is 4.98 Å². The Morgan fingerprint density at radius 1 is 1.55 bits per heavy atom. The molecule has 0 saturated carbocycles. The molecule has 0 aromatic carbocycles. The Labute approximate surface area is 131 Å². The molecule has 3 heterocycles. The molecule has 1 atom stereocenters. The van der Waals surface area contributed by atoms with Crippen LogP contribution in [0.5, 0.6) is 0 Å². The van der Waals surface area contributed by atoms with Gasteiger partial charge in [-0.05, 0) is 25.8 Å². The number of thiazole rings is 1.